The molecule has 0 aromatic carbocycles. The van der Waals surface area contributed by atoms with E-state index in [1.807, 2.05) is 23.7 Å². The number of oxazole rings is 1. The number of rotatable bonds is 5. The monoisotopic (exact) mass is 353 g/mol. The first kappa shape index (κ1) is 16.5. The second-order valence-corrected chi connectivity index (χ2v) is 6.29. The topological polar surface area (TPSA) is 86.3 Å². The maximum atomic E-state index is 12.8. The van der Waals surface area contributed by atoms with Crippen molar-refractivity contribution >= 4 is 5.91 Å². The molecule has 134 valence electrons. The van der Waals surface area contributed by atoms with Crippen molar-refractivity contribution in [2.24, 2.45) is 7.05 Å². The molecule has 0 spiro atoms. The van der Waals surface area contributed by atoms with Gasteiger partial charge in [-0.25, -0.2) is 9.97 Å². The van der Waals surface area contributed by atoms with Crippen molar-refractivity contribution in [3.63, 3.8) is 0 Å². The van der Waals surface area contributed by atoms with E-state index in [1.165, 1.54) is 12.7 Å². The number of fused-ring (bicyclic) bond motifs is 1. The Morgan fingerprint density at radius 2 is 2.35 bits per heavy atom. The molecule has 3 aromatic heterocycles. The Kier molecular flexibility index (Phi) is 4.49. The third kappa shape index (κ3) is 3.23. The van der Waals surface area contributed by atoms with Crippen LogP contribution in [-0.4, -0.2) is 43.0 Å². The Labute approximate surface area is 150 Å². The number of carbonyl (C=O) groups excluding carboxylic acids is 1. The Hall–Kier alpha value is -3.00. The van der Waals surface area contributed by atoms with Gasteiger partial charge >= 0.3 is 0 Å². The van der Waals surface area contributed by atoms with Crippen LogP contribution in [0.4, 0.5) is 0 Å². The largest absolute Gasteiger partial charge is 0.451 e. The summed E-state index contributed by atoms with van der Waals surface area (Å²) in [6.07, 6.45) is 8.59. The zero-order chi connectivity index (χ0) is 17.9. The average Bonchev–Trinajstić information content (AvgIpc) is 3.32. The molecule has 0 aliphatic carbocycles. The van der Waals surface area contributed by atoms with Crippen LogP contribution < -0.4 is 0 Å². The standard InChI is InChI=1S/C18H19N5O3/c1-22-11-20-15-7-23(18(24)16-10-26-12-21-16)14(5-17(15)22)9-25-8-13-3-2-4-19-6-13/h2-4,6,10-12,14H,5,7-9H2,1H3/t14-/m0/s1. The lowest BCUT2D eigenvalue weighted by atomic mass is 10.0. The molecule has 8 nitrogen and oxygen atoms in total. The maximum absolute atomic E-state index is 12.8. The van der Waals surface area contributed by atoms with Gasteiger partial charge in [-0.3, -0.25) is 9.78 Å². The molecule has 0 N–H and O–H groups in total. The lowest BCUT2D eigenvalue weighted by Crippen LogP contribution is -2.47. The second-order valence-electron chi connectivity index (χ2n) is 6.29. The highest BCUT2D eigenvalue weighted by molar-refractivity contribution is 5.92. The highest BCUT2D eigenvalue weighted by atomic mass is 16.5. The van der Waals surface area contributed by atoms with Crippen LogP contribution in [0, 0.1) is 0 Å². The first-order valence-electron chi connectivity index (χ1n) is 8.37. The summed E-state index contributed by atoms with van der Waals surface area (Å²) in [6.45, 7) is 1.31. The minimum Gasteiger partial charge on any atom is -0.451 e. The fourth-order valence-corrected chi connectivity index (χ4v) is 3.17. The zero-order valence-electron chi connectivity index (χ0n) is 14.4. The van der Waals surface area contributed by atoms with Gasteiger partial charge in [-0.1, -0.05) is 6.07 Å². The first-order valence-corrected chi connectivity index (χ1v) is 8.37. The van der Waals surface area contributed by atoms with E-state index < -0.39 is 0 Å². The third-order valence-electron chi connectivity index (χ3n) is 4.55. The van der Waals surface area contributed by atoms with Crippen molar-refractivity contribution in [3.05, 3.63) is 66.2 Å². The number of amides is 1. The molecule has 0 bridgehead atoms. The minimum absolute atomic E-state index is 0.0984. The van der Waals surface area contributed by atoms with Crippen molar-refractivity contribution in [1.82, 2.24) is 24.4 Å². The summed E-state index contributed by atoms with van der Waals surface area (Å²) >= 11 is 0. The predicted molar refractivity (Wildman–Crippen MR) is 91.0 cm³/mol. The van der Waals surface area contributed by atoms with Gasteiger partial charge in [0.05, 0.1) is 37.8 Å². The van der Waals surface area contributed by atoms with E-state index in [0.717, 1.165) is 17.0 Å². The van der Waals surface area contributed by atoms with Crippen LogP contribution in [-0.2, 0) is 31.4 Å². The maximum Gasteiger partial charge on any atom is 0.276 e. The van der Waals surface area contributed by atoms with Crippen LogP contribution >= 0.6 is 0 Å². The molecule has 3 aromatic rings. The number of aromatic nitrogens is 4. The summed E-state index contributed by atoms with van der Waals surface area (Å²) in [5.41, 5.74) is 3.33. The molecule has 8 heteroatoms. The van der Waals surface area contributed by atoms with Crippen LogP contribution in [0.2, 0.25) is 0 Å². The van der Waals surface area contributed by atoms with Crippen molar-refractivity contribution in [3.8, 4) is 0 Å². The average molecular weight is 353 g/mol. The first-order chi connectivity index (χ1) is 12.7. The fourth-order valence-electron chi connectivity index (χ4n) is 3.17. The third-order valence-corrected chi connectivity index (χ3v) is 4.55. The van der Waals surface area contributed by atoms with Crippen LogP contribution in [0.5, 0.6) is 0 Å². The molecule has 0 fully saturated rings. The molecule has 4 rings (SSSR count). The van der Waals surface area contributed by atoms with E-state index in [1.54, 1.807) is 23.6 Å². The number of pyridine rings is 1. The molecule has 1 aliphatic rings. The minimum atomic E-state index is -0.176. The van der Waals surface area contributed by atoms with Gasteiger partial charge in [0.15, 0.2) is 12.1 Å². The Morgan fingerprint density at radius 3 is 3.12 bits per heavy atom. The second kappa shape index (κ2) is 7.09. The van der Waals surface area contributed by atoms with E-state index in [0.29, 0.717) is 31.9 Å². The fraction of sp³-hybridized carbons (Fsp3) is 0.333. The number of imidazole rings is 1. The van der Waals surface area contributed by atoms with Crippen molar-refractivity contribution in [2.45, 2.75) is 25.6 Å². The Morgan fingerprint density at radius 1 is 1.42 bits per heavy atom. The van der Waals surface area contributed by atoms with E-state index in [9.17, 15) is 4.79 Å². The molecular weight excluding hydrogens is 334 g/mol. The summed E-state index contributed by atoms with van der Waals surface area (Å²) in [4.78, 5) is 27.1. The molecule has 26 heavy (non-hydrogen) atoms. The van der Waals surface area contributed by atoms with Gasteiger partial charge in [-0.05, 0) is 11.6 Å². The number of nitrogens with zero attached hydrogens (tertiary/aromatic N) is 5. The van der Waals surface area contributed by atoms with Crippen molar-refractivity contribution in [1.29, 1.82) is 0 Å². The lowest BCUT2D eigenvalue weighted by molar-refractivity contribution is 0.0311. The smallest absolute Gasteiger partial charge is 0.276 e. The van der Waals surface area contributed by atoms with Crippen LogP contribution in [0.15, 0.2) is 47.9 Å². The molecule has 0 radical (unpaired) electrons. The Balaban J connectivity index is 1.51. The summed E-state index contributed by atoms with van der Waals surface area (Å²) < 4.78 is 12.8. The summed E-state index contributed by atoms with van der Waals surface area (Å²) in [5, 5.41) is 0. The van der Waals surface area contributed by atoms with Gasteiger partial charge in [-0.15, -0.1) is 0 Å². The quantitative estimate of drug-likeness (QED) is 0.692. The molecule has 0 unspecified atom stereocenters. The summed E-state index contributed by atoms with van der Waals surface area (Å²) in [6, 6.07) is 3.74. The van der Waals surface area contributed by atoms with E-state index in [-0.39, 0.29) is 11.9 Å². The van der Waals surface area contributed by atoms with E-state index >= 15 is 0 Å². The van der Waals surface area contributed by atoms with Crippen molar-refractivity contribution < 1.29 is 13.9 Å². The Bertz CT molecular complexity index is 876. The van der Waals surface area contributed by atoms with Gasteiger partial charge in [0.1, 0.15) is 6.26 Å². The van der Waals surface area contributed by atoms with Gasteiger partial charge in [0.25, 0.3) is 5.91 Å². The zero-order valence-corrected chi connectivity index (χ0v) is 14.4. The van der Waals surface area contributed by atoms with Gasteiger partial charge in [-0.2, -0.15) is 0 Å². The molecule has 1 amide bonds. The number of ether oxygens (including phenoxy) is 1. The van der Waals surface area contributed by atoms with Gasteiger partial charge < -0.3 is 18.6 Å². The van der Waals surface area contributed by atoms with Crippen LogP contribution in [0.25, 0.3) is 0 Å². The molecule has 0 saturated carbocycles. The predicted octanol–water partition coefficient (Wildman–Crippen LogP) is 1.59. The van der Waals surface area contributed by atoms with Gasteiger partial charge in [0, 0.05) is 31.6 Å². The SMILES string of the molecule is Cn1cnc2c1C[C@@H](COCc1cccnc1)N(C(=O)c1cocn1)C2. The molecule has 4 heterocycles. The van der Waals surface area contributed by atoms with Gasteiger partial charge in [0.2, 0.25) is 0 Å². The van der Waals surface area contributed by atoms with Crippen LogP contribution in [0.1, 0.15) is 27.4 Å². The number of aryl methyl sites for hydroxylation is 1. The number of hydrogen-bond acceptors (Lipinski definition) is 6. The van der Waals surface area contributed by atoms with E-state index in [4.69, 9.17) is 9.15 Å². The van der Waals surface area contributed by atoms with Crippen LogP contribution in [0.3, 0.4) is 0 Å². The summed E-state index contributed by atoms with van der Waals surface area (Å²) in [7, 11) is 1.97. The molecule has 1 aliphatic heterocycles. The molecule has 1 atom stereocenters. The highest BCUT2D eigenvalue weighted by Crippen LogP contribution is 2.24. The highest BCUT2D eigenvalue weighted by Gasteiger charge is 2.33. The van der Waals surface area contributed by atoms with E-state index in [2.05, 4.69) is 15.0 Å². The number of hydrogen-bond donors (Lipinski definition) is 0. The molecular formula is C18H19N5O3. The summed E-state index contributed by atoms with van der Waals surface area (Å²) in [5.74, 6) is -0.176. The lowest BCUT2D eigenvalue weighted by Gasteiger charge is -2.34. The number of carbonyl (C=O) groups is 1. The molecule has 0 saturated heterocycles. The normalized spacial score (nSPS) is 16.5. The van der Waals surface area contributed by atoms with Crippen molar-refractivity contribution in [2.75, 3.05) is 6.61 Å².